The van der Waals surface area contributed by atoms with Gasteiger partial charge in [-0.25, -0.2) is 17.7 Å². The van der Waals surface area contributed by atoms with Crippen molar-refractivity contribution in [1.29, 1.82) is 0 Å². The van der Waals surface area contributed by atoms with Crippen LogP contribution in [0.1, 0.15) is 37.2 Å². The van der Waals surface area contributed by atoms with Crippen LogP contribution < -0.4 is 9.47 Å². The Hall–Kier alpha value is -2.62. The fraction of sp³-hybridized carbons (Fsp3) is 0.458. The Morgan fingerprint density at radius 1 is 1.12 bits per heavy atom. The van der Waals surface area contributed by atoms with Crippen LogP contribution in [-0.4, -0.2) is 62.0 Å². The molecule has 0 aliphatic carbocycles. The summed E-state index contributed by atoms with van der Waals surface area (Å²) in [6.45, 7) is 4.49. The van der Waals surface area contributed by atoms with Crippen LogP contribution in [0, 0.1) is 0 Å². The number of hydrogen-bond acceptors (Lipinski definition) is 6. The minimum atomic E-state index is -3.51. The molecule has 33 heavy (non-hydrogen) atoms. The lowest BCUT2D eigenvalue weighted by Gasteiger charge is -2.26. The van der Waals surface area contributed by atoms with Gasteiger partial charge in [-0.05, 0) is 50.6 Å². The van der Waals surface area contributed by atoms with Gasteiger partial charge in [0.15, 0.2) is 0 Å². The number of sulfonamides is 1. The highest BCUT2D eigenvalue weighted by Crippen LogP contribution is 2.39. The summed E-state index contributed by atoms with van der Waals surface area (Å²) in [6.07, 6.45) is 2.14. The monoisotopic (exact) mass is 472 g/mol. The molecule has 4 rings (SSSR count). The lowest BCUT2D eigenvalue weighted by molar-refractivity contribution is 0.234. The van der Waals surface area contributed by atoms with Crippen molar-refractivity contribution >= 4 is 21.1 Å². The van der Waals surface area contributed by atoms with Gasteiger partial charge >= 0.3 is 0 Å². The summed E-state index contributed by atoms with van der Waals surface area (Å²) in [4.78, 5) is 7.55. The Labute approximate surface area is 195 Å². The van der Waals surface area contributed by atoms with Crippen molar-refractivity contribution in [3.63, 3.8) is 0 Å². The van der Waals surface area contributed by atoms with Crippen molar-refractivity contribution in [3.05, 3.63) is 47.8 Å². The highest BCUT2D eigenvalue weighted by molar-refractivity contribution is 7.89. The van der Waals surface area contributed by atoms with Gasteiger partial charge in [0.2, 0.25) is 10.0 Å². The van der Waals surface area contributed by atoms with Crippen molar-refractivity contribution in [2.24, 2.45) is 0 Å². The fourth-order valence-electron chi connectivity index (χ4n) is 4.65. The summed E-state index contributed by atoms with van der Waals surface area (Å²) in [5, 5.41) is 0. The molecule has 178 valence electrons. The normalized spacial score (nSPS) is 17.2. The van der Waals surface area contributed by atoms with E-state index in [2.05, 4.69) is 22.5 Å². The standard InChI is InChI=1S/C24H32N4O4S/c1-6-28-22-12-10-18(33(29,30)26(2)3)15-20(22)25-24(28)16-27-13-7-8-21(27)19-11-9-17(31-4)14-23(19)32-5/h9-12,14-15,21H,6-8,13,16H2,1-5H3/t21-/m0/s1. The topological polar surface area (TPSA) is 76.9 Å². The van der Waals surface area contributed by atoms with Crippen molar-refractivity contribution < 1.29 is 17.9 Å². The first-order valence-corrected chi connectivity index (χ1v) is 12.6. The molecule has 3 aromatic rings. The number of benzene rings is 2. The molecule has 1 atom stereocenters. The smallest absolute Gasteiger partial charge is 0.242 e. The first-order chi connectivity index (χ1) is 15.8. The molecule has 2 aromatic carbocycles. The number of methoxy groups -OCH3 is 2. The molecule has 0 amide bonds. The number of aromatic nitrogens is 2. The quantitative estimate of drug-likeness (QED) is 0.498. The first-order valence-electron chi connectivity index (χ1n) is 11.2. The zero-order valence-electron chi connectivity index (χ0n) is 19.9. The Balaban J connectivity index is 1.68. The lowest BCUT2D eigenvalue weighted by Crippen LogP contribution is -2.25. The molecule has 0 saturated carbocycles. The maximum Gasteiger partial charge on any atom is 0.242 e. The molecule has 1 fully saturated rings. The highest BCUT2D eigenvalue weighted by Gasteiger charge is 2.30. The molecule has 9 heteroatoms. The predicted octanol–water partition coefficient (Wildman–Crippen LogP) is 3.66. The molecule has 1 aliphatic heterocycles. The summed E-state index contributed by atoms with van der Waals surface area (Å²) in [7, 11) is 2.91. The van der Waals surface area contributed by atoms with Crippen LogP contribution in [0.4, 0.5) is 0 Å². The second-order valence-electron chi connectivity index (χ2n) is 8.45. The third-order valence-electron chi connectivity index (χ3n) is 6.40. The van der Waals surface area contributed by atoms with Crippen LogP contribution in [0.15, 0.2) is 41.3 Å². The van der Waals surface area contributed by atoms with Crippen LogP contribution in [0.2, 0.25) is 0 Å². The van der Waals surface area contributed by atoms with Crippen molar-refractivity contribution in [2.45, 2.75) is 43.8 Å². The fourth-order valence-corrected chi connectivity index (χ4v) is 5.57. The van der Waals surface area contributed by atoms with Gasteiger partial charge in [0.25, 0.3) is 0 Å². The van der Waals surface area contributed by atoms with Crippen LogP contribution in [0.3, 0.4) is 0 Å². The van der Waals surface area contributed by atoms with Crippen LogP contribution in [0.25, 0.3) is 11.0 Å². The second-order valence-corrected chi connectivity index (χ2v) is 10.6. The summed E-state index contributed by atoms with van der Waals surface area (Å²) in [6, 6.07) is 11.4. The zero-order valence-corrected chi connectivity index (χ0v) is 20.7. The summed E-state index contributed by atoms with van der Waals surface area (Å²) < 4.78 is 39.6. The Bertz CT molecular complexity index is 1250. The number of nitrogens with zero attached hydrogens (tertiary/aromatic N) is 4. The number of imidazole rings is 1. The number of ether oxygens (including phenoxy) is 2. The van der Waals surface area contributed by atoms with E-state index < -0.39 is 10.0 Å². The molecular weight excluding hydrogens is 440 g/mol. The first kappa shape index (κ1) is 23.5. The van der Waals surface area contributed by atoms with E-state index in [1.54, 1.807) is 26.4 Å². The SMILES string of the molecule is CCn1c(CN2CCC[C@H]2c2ccc(OC)cc2OC)nc2cc(S(=O)(=O)N(C)C)ccc21. The van der Waals surface area contributed by atoms with Crippen molar-refractivity contribution in [3.8, 4) is 11.5 Å². The molecule has 0 spiro atoms. The predicted molar refractivity (Wildman–Crippen MR) is 128 cm³/mol. The van der Waals surface area contributed by atoms with Crippen LogP contribution in [0.5, 0.6) is 11.5 Å². The number of hydrogen-bond donors (Lipinski definition) is 0. The molecule has 0 N–H and O–H groups in total. The minimum Gasteiger partial charge on any atom is -0.497 e. The lowest BCUT2D eigenvalue weighted by atomic mass is 10.0. The minimum absolute atomic E-state index is 0.223. The van der Waals surface area contributed by atoms with E-state index in [9.17, 15) is 8.42 Å². The van der Waals surface area contributed by atoms with E-state index in [1.807, 2.05) is 18.2 Å². The van der Waals surface area contributed by atoms with Gasteiger partial charge in [0.1, 0.15) is 17.3 Å². The molecule has 1 saturated heterocycles. The number of fused-ring (bicyclic) bond motifs is 1. The Morgan fingerprint density at radius 2 is 1.91 bits per heavy atom. The maximum atomic E-state index is 12.6. The third kappa shape index (κ3) is 4.32. The highest BCUT2D eigenvalue weighted by atomic mass is 32.2. The number of likely N-dealkylation sites (tertiary alicyclic amines) is 1. The van der Waals surface area contributed by atoms with Gasteiger partial charge in [-0.15, -0.1) is 0 Å². The molecule has 2 heterocycles. The molecule has 0 bridgehead atoms. The molecular formula is C24H32N4O4S. The van der Waals surface area contributed by atoms with Gasteiger partial charge in [0.05, 0.1) is 36.7 Å². The molecule has 0 radical (unpaired) electrons. The van der Waals surface area contributed by atoms with E-state index >= 15 is 0 Å². The van der Waals surface area contributed by atoms with Crippen LogP contribution >= 0.6 is 0 Å². The van der Waals surface area contributed by atoms with Gasteiger partial charge < -0.3 is 14.0 Å². The average molecular weight is 473 g/mol. The Kier molecular flexibility index (Phi) is 6.65. The summed E-state index contributed by atoms with van der Waals surface area (Å²) >= 11 is 0. The van der Waals surface area contributed by atoms with Gasteiger partial charge in [-0.3, -0.25) is 4.90 Å². The van der Waals surface area contributed by atoms with Gasteiger partial charge in [-0.2, -0.15) is 0 Å². The summed E-state index contributed by atoms with van der Waals surface area (Å²) in [5.41, 5.74) is 2.80. The van der Waals surface area contributed by atoms with E-state index in [1.165, 1.54) is 18.4 Å². The number of rotatable bonds is 8. The van der Waals surface area contributed by atoms with E-state index in [0.717, 1.165) is 54.3 Å². The van der Waals surface area contributed by atoms with E-state index in [4.69, 9.17) is 14.5 Å². The second kappa shape index (κ2) is 9.32. The molecule has 8 nitrogen and oxygen atoms in total. The molecule has 0 unspecified atom stereocenters. The average Bonchev–Trinajstić information content (AvgIpc) is 3.41. The third-order valence-corrected chi connectivity index (χ3v) is 8.21. The Morgan fingerprint density at radius 3 is 2.58 bits per heavy atom. The maximum absolute atomic E-state index is 12.6. The van der Waals surface area contributed by atoms with Gasteiger partial charge in [-0.1, -0.05) is 6.07 Å². The number of aryl methyl sites for hydroxylation is 1. The molecule has 1 aromatic heterocycles. The van der Waals surface area contributed by atoms with Crippen molar-refractivity contribution in [2.75, 3.05) is 34.9 Å². The largest absolute Gasteiger partial charge is 0.497 e. The molecule has 1 aliphatic rings. The van der Waals surface area contributed by atoms with Crippen molar-refractivity contribution in [1.82, 2.24) is 18.8 Å². The zero-order chi connectivity index (χ0) is 23.8. The summed E-state index contributed by atoms with van der Waals surface area (Å²) in [5.74, 6) is 2.54. The van der Waals surface area contributed by atoms with E-state index in [-0.39, 0.29) is 10.9 Å². The van der Waals surface area contributed by atoms with Crippen LogP contribution in [-0.2, 0) is 23.1 Å². The van der Waals surface area contributed by atoms with E-state index in [0.29, 0.717) is 12.1 Å². The van der Waals surface area contributed by atoms with Gasteiger partial charge in [0, 0.05) is 38.3 Å².